The van der Waals surface area contributed by atoms with Crippen molar-refractivity contribution in [3.63, 3.8) is 0 Å². The molecule has 4 nitrogen and oxygen atoms in total. The lowest BCUT2D eigenvalue weighted by atomic mass is 10.2. The number of hydrogen-bond acceptors (Lipinski definition) is 4. The lowest BCUT2D eigenvalue weighted by Crippen LogP contribution is -2.13. The second-order valence-corrected chi connectivity index (χ2v) is 5.16. The van der Waals surface area contributed by atoms with Gasteiger partial charge in [0, 0.05) is 16.8 Å². The highest BCUT2D eigenvalue weighted by atomic mass is 35.5. The molecule has 0 aliphatic carbocycles. The van der Waals surface area contributed by atoms with E-state index < -0.39 is 13.0 Å². The third-order valence-corrected chi connectivity index (χ3v) is 3.37. The number of ether oxygens (including phenoxy) is 1. The molecule has 1 aromatic heterocycles. The Hall–Kier alpha value is -2.25. The van der Waals surface area contributed by atoms with E-state index in [1.165, 1.54) is 12.2 Å². The Bertz CT molecular complexity index is 788. The van der Waals surface area contributed by atoms with Crippen LogP contribution in [-0.4, -0.2) is 18.0 Å². The molecular weight excluding hydrogens is 343 g/mol. The highest BCUT2D eigenvalue weighted by Gasteiger charge is 2.28. The van der Waals surface area contributed by atoms with E-state index >= 15 is 0 Å². The fraction of sp³-hybridized carbons (Fsp3) is 0.188. The molecule has 24 heavy (non-hydrogen) atoms. The quantitative estimate of drug-likeness (QED) is 0.591. The summed E-state index contributed by atoms with van der Waals surface area (Å²) in [4.78, 5) is 4.38. The first-order valence-electron chi connectivity index (χ1n) is 6.95. The molecule has 8 heteroatoms. The maximum absolute atomic E-state index is 11.9. The van der Waals surface area contributed by atoms with E-state index in [0.717, 1.165) is 5.39 Å². The monoisotopic (exact) mass is 357 g/mol. The number of nitrogens with two attached hydrogens (primary N) is 1. The number of nitrogens with zero attached hydrogens (tertiary/aromatic N) is 1. The Balaban J connectivity index is 2.13. The zero-order valence-corrected chi connectivity index (χ0v) is 13.4. The molecule has 1 heterocycles. The van der Waals surface area contributed by atoms with Gasteiger partial charge in [0.2, 0.25) is 0 Å². The molecular formula is C16H15ClF3N3O. The molecule has 0 saturated carbocycles. The topological polar surface area (TPSA) is 60.2 Å². The zero-order chi connectivity index (χ0) is 17.7. The van der Waals surface area contributed by atoms with Gasteiger partial charge in [0.1, 0.15) is 5.82 Å². The standard InChI is InChI=1S/C16H15ClF3N3O/c1-2-10(4-3-9-24-16(18,19)20)22-14-8-5-11-13(21)7-6-12(17)15(11)23-14/h2-8H,9,21H2,1H3,(H,22,23)/b4-3-,10-2+. The second kappa shape index (κ2) is 7.55. The molecule has 0 aliphatic heterocycles. The Morgan fingerprint density at radius 2 is 2.08 bits per heavy atom. The fourth-order valence-electron chi connectivity index (χ4n) is 1.95. The van der Waals surface area contributed by atoms with E-state index in [9.17, 15) is 13.2 Å². The molecule has 0 amide bonds. The van der Waals surface area contributed by atoms with Crippen LogP contribution in [0.4, 0.5) is 24.7 Å². The fourth-order valence-corrected chi connectivity index (χ4v) is 2.16. The van der Waals surface area contributed by atoms with E-state index in [2.05, 4.69) is 15.0 Å². The number of aromatic nitrogens is 1. The van der Waals surface area contributed by atoms with Gasteiger partial charge in [0.25, 0.3) is 0 Å². The minimum atomic E-state index is -4.65. The minimum Gasteiger partial charge on any atom is -0.398 e. The number of nitrogens with one attached hydrogen (secondary N) is 1. The van der Waals surface area contributed by atoms with Crippen LogP contribution in [0.5, 0.6) is 0 Å². The highest BCUT2D eigenvalue weighted by Crippen LogP contribution is 2.28. The Kier molecular flexibility index (Phi) is 5.69. The van der Waals surface area contributed by atoms with Gasteiger partial charge < -0.3 is 11.1 Å². The smallest absolute Gasteiger partial charge is 0.398 e. The number of hydrogen-bond donors (Lipinski definition) is 2. The minimum absolute atomic E-state index is 0.457. The van der Waals surface area contributed by atoms with Gasteiger partial charge in [-0.2, -0.15) is 0 Å². The van der Waals surface area contributed by atoms with E-state index in [0.29, 0.717) is 27.7 Å². The SMILES string of the molecule is C/C=C(\C=C/COC(F)(F)F)Nc1ccc2c(N)ccc(Cl)c2n1. The van der Waals surface area contributed by atoms with Crippen LogP contribution in [0.2, 0.25) is 5.02 Å². The van der Waals surface area contributed by atoms with Crippen LogP contribution in [-0.2, 0) is 4.74 Å². The molecule has 0 atom stereocenters. The van der Waals surface area contributed by atoms with Crippen LogP contribution in [0.25, 0.3) is 10.9 Å². The van der Waals surface area contributed by atoms with Gasteiger partial charge >= 0.3 is 6.36 Å². The number of alkyl halides is 3. The summed E-state index contributed by atoms with van der Waals surface area (Å²) in [5.41, 5.74) is 7.54. The van der Waals surface area contributed by atoms with E-state index in [4.69, 9.17) is 17.3 Å². The molecule has 0 unspecified atom stereocenters. The lowest BCUT2D eigenvalue weighted by Gasteiger charge is -2.09. The maximum atomic E-state index is 11.9. The Morgan fingerprint density at radius 3 is 2.75 bits per heavy atom. The lowest BCUT2D eigenvalue weighted by molar-refractivity contribution is -0.319. The molecule has 0 radical (unpaired) electrons. The number of halogens is 4. The first kappa shape index (κ1) is 18.1. The summed E-state index contributed by atoms with van der Waals surface area (Å²) in [5, 5.41) is 4.18. The number of nitrogen functional groups attached to an aromatic ring is 1. The molecule has 128 valence electrons. The number of allylic oxidation sites excluding steroid dienone is 2. The molecule has 0 bridgehead atoms. The Labute approximate surface area is 141 Å². The highest BCUT2D eigenvalue weighted by molar-refractivity contribution is 6.35. The van der Waals surface area contributed by atoms with Crippen molar-refractivity contribution in [2.75, 3.05) is 17.7 Å². The van der Waals surface area contributed by atoms with Crippen LogP contribution in [0, 0.1) is 0 Å². The van der Waals surface area contributed by atoms with E-state index in [1.54, 1.807) is 37.3 Å². The molecule has 3 N–H and O–H groups in total. The number of anilines is 2. The Morgan fingerprint density at radius 1 is 1.33 bits per heavy atom. The maximum Gasteiger partial charge on any atom is 0.522 e. The summed E-state index contributed by atoms with van der Waals surface area (Å²) in [7, 11) is 0. The predicted molar refractivity (Wildman–Crippen MR) is 89.7 cm³/mol. The van der Waals surface area contributed by atoms with Crippen molar-refractivity contribution in [3.05, 3.63) is 53.2 Å². The molecule has 2 aromatic rings. The van der Waals surface area contributed by atoms with Gasteiger partial charge in [-0.1, -0.05) is 23.8 Å². The van der Waals surface area contributed by atoms with Crippen molar-refractivity contribution in [2.45, 2.75) is 13.3 Å². The van der Waals surface area contributed by atoms with Crippen molar-refractivity contribution in [1.29, 1.82) is 0 Å². The summed E-state index contributed by atoms with van der Waals surface area (Å²) in [6.07, 6.45) is -0.234. The van der Waals surface area contributed by atoms with Crippen LogP contribution in [0.15, 0.2) is 48.2 Å². The first-order chi connectivity index (χ1) is 11.3. The van der Waals surface area contributed by atoms with Crippen molar-refractivity contribution in [3.8, 4) is 0 Å². The van der Waals surface area contributed by atoms with Crippen molar-refractivity contribution < 1.29 is 17.9 Å². The van der Waals surface area contributed by atoms with Gasteiger partial charge in [-0.25, -0.2) is 4.98 Å². The summed E-state index contributed by atoms with van der Waals surface area (Å²) in [5.74, 6) is 0.490. The first-order valence-corrected chi connectivity index (χ1v) is 7.33. The van der Waals surface area contributed by atoms with Crippen molar-refractivity contribution in [2.24, 2.45) is 0 Å². The predicted octanol–water partition coefficient (Wildman–Crippen LogP) is 4.88. The average Bonchev–Trinajstić information content (AvgIpc) is 2.53. The number of benzene rings is 1. The van der Waals surface area contributed by atoms with Gasteiger partial charge in [-0.05, 0) is 37.3 Å². The van der Waals surface area contributed by atoms with Gasteiger partial charge in [0.05, 0.1) is 17.1 Å². The van der Waals surface area contributed by atoms with Crippen LogP contribution < -0.4 is 11.1 Å². The van der Waals surface area contributed by atoms with E-state index in [-0.39, 0.29) is 0 Å². The molecule has 0 spiro atoms. The van der Waals surface area contributed by atoms with Gasteiger partial charge in [-0.15, -0.1) is 13.2 Å². The van der Waals surface area contributed by atoms with Crippen LogP contribution in [0.3, 0.4) is 0 Å². The molecule has 0 saturated heterocycles. The number of rotatable bonds is 5. The summed E-state index contributed by atoms with van der Waals surface area (Å²) in [6, 6.07) is 6.83. The van der Waals surface area contributed by atoms with Gasteiger partial charge in [-0.3, -0.25) is 4.74 Å². The van der Waals surface area contributed by atoms with Crippen LogP contribution in [0.1, 0.15) is 6.92 Å². The molecule has 0 fully saturated rings. The van der Waals surface area contributed by atoms with Crippen LogP contribution >= 0.6 is 11.6 Å². The van der Waals surface area contributed by atoms with Crippen molar-refractivity contribution >= 4 is 34.0 Å². The normalized spacial score (nSPS) is 13.0. The third-order valence-electron chi connectivity index (χ3n) is 3.07. The van der Waals surface area contributed by atoms with Gasteiger partial charge in [0.15, 0.2) is 0 Å². The zero-order valence-electron chi connectivity index (χ0n) is 12.7. The summed E-state index contributed by atoms with van der Waals surface area (Å²) < 4.78 is 39.4. The number of fused-ring (bicyclic) bond motifs is 1. The van der Waals surface area contributed by atoms with Crippen molar-refractivity contribution in [1.82, 2.24) is 4.98 Å². The van der Waals surface area contributed by atoms with E-state index in [1.807, 2.05) is 0 Å². The average molecular weight is 358 g/mol. The summed E-state index contributed by atoms with van der Waals surface area (Å²) in [6.45, 7) is 1.17. The number of pyridine rings is 1. The third kappa shape index (κ3) is 4.87. The molecule has 1 aromatic carbocycles. The molecule has 0 aliphatic rings. The largest absolute Gasteiger partial charge is 0.522 e. The summed E-state index contributed by atoms with van der Waals surface area (Å²) >= 11 is 6.12. The molecule has 2 rings (SSSR count). The second-order valence-electron chi connectivity index (χ2n) is 4.76.